The van der Waals surface area contributed by atoms with Crippen molar-refractivity contribution >= 4 is 5.91 Å². The minimum atomic E-state index is -0.179. The molecule has 0 spiro atoms. The van der Waals surface area contributed by atoms with Crippen LogP contribution in [0.1, 0.15) is 21.7 Å². The molecule has 0 saturated carbocycles. The Morgan fingerprint density at radius 2 is 2.26 bits per heavy atom. The van der Waals surface area contributed by atoms with Crippen molar-refractivity contribution in [1.82, 2.24) is 25.5 Å². The number of aromatic nitrogens is 4. The topological polar surface area (TPSA) is 95.7 Å². The summed E-state index contributed by atoms with van der Waals surface area (Å²) in [6, 6.07) is 7.68. The van der Waals surface area contributed by atoms with E-state index in [1.807, 2.05) is 24.3 Å². The monoisotopic (exact) mass is 309 g/mol. The fourth-order valence-corrected chi connectivity index (χ4v) is 2.67. The number of ether oxygens (including phenoxy) is 1. The number of para-hydroxylation sites is 1. The first-order valence-corrected chi connectivity index (χ1v) is 7.38. The first-order valence-electron chi connectivity index (χ1n) is 7.38. The van der Waals surface area contributed by atoms with Gasteiger partial charge < -0.3 is 15.0 Å². The van der Waals surface area contributed by atoms with E-state index in [0.717, 1.165) is 28.3 Å². The Hall–Kier alpha value is -3.09. The number of carbonyl (C=O) groups excluding carboxylic acids is 1. The van der Waals surface area contributed by atoms with Gasteiger partial charge in [0.15, 0.2) is 0 Å². The Balaban J connectivity index is 1.50. The molecule has 3 aromatic rings. The van der Waals surface area contributed by atoms with Crippen LogP contribution in [0.5, 0.6) is 5.75 Å². The highest BCUT2D eigenvalue weighted by Crippen LogP contribution is 2.36. The normalized spacial score (nSPS) is 12.2. The maximum atomic E-state index is 12.4. The van der Waals surface area contributed by atoms with Crippen LogP contribution >= 0.6 is 0 Å². The summed E-state index contributed by atoms with van der Waals surface area (Å²) in [6.07, 6.45) is 4.06. The number of hydrogen-bond donors (Lipinski definition) is 3. The third kappa shape index (κ3) is 2.46. The summed E-state index contributed by atoms with van der Waals surface area (Å²) < 4.78 is 5.71. The van der Waals surface area contributed by atoms with E-state index in [1.54, 1.807) is 12.5 Å². The van der Waals surface area contributed by atoms with E-state index in [-0.39, 0.29) is 5.91 Å². The molecule has 0 radical (unpaired) electrons. The second-order valence-corrected chi connectivity index (χ2v) is 5.29. The lowest BCUT2D eigenvalue weighted by molar-refractivity contribution is 0.0946. The number of fused-ring (bicyclic) bond motifs is 3. The highest BCUT2D eigenvalue weighted by molar-refractivity contribution is 5.96. The number of nitrogens with zero attached hydrogens (tertiary/aromatic N) is 2. The molecule has 1 amide bonds. The van der Waals surface area contributed by atoms with Crippen LogP contribution in [0.3, 0.4) is 0 Å². The van der Waals surface area contributed by atoms with Crippen LogP contribution in [0, 0.1) is 0 Å². The minimum absolute atomic E-state index is 0.179. The van der Waals surface area contributed by atoms with Crippen LogP contribution in [0.25, 0.3) is 11.3 Å². The van der Waals surface area contributed by atoms with Crippen molar-refractivity contribution in [1.29, 1.82) is 0 Å². The Kier molecular flexibility index (Phi) is 3.30. The van der Waals surface area contributed by atoms with Crippen LogP contribution in [0.2, 0.25) is 0 Å². The smallest absolute Gasteiger partial charge is 0.269 e. The highest BCUT2D eigenvalue weighted by atomic mass is 16.5. The molecule has 0 atom stereocenters. The second kappa shape index (κ2) is 5.60. The summed E-state index contributed by atoms with van der Waals surface area (Å²) in [4.78, 5) is 19.3. The van der Waals surface area contributed by atoms with Crippen molar-refractivity contribution in [3.8, 4) is 17.0 Å². The lowest BCUT2D eigenvalue weighted by atomic mass is 10.0. The zero-order valence-electron chi connectivity index (χ0n) is 12.3. The number of aromatic amines is 2. The summed E-state index contributed by atoms with van der Waals surface area (Å²) in [7, 11) is 0. The zero-order valence-corrected chi connectivity index (χ0v) is 12.3. The number of carbonyl (C=O) groups is 1. The third-order valence-corrected chi connectivity index (χ3v) is 3.84. The predicted octanol–water partition coefficient (Wildman–Crippen LogP) is 1.66. The summed E-state index contributed by atoms with van der Waals surface area (Å²) in [5, 5.41) is 10.0. The maximum Gasteiger partial charge on any atom is 0.269 e. The fourth-order valence-electron chi connectivity index (χ4n) is 2.67. The van der Waals surface area contributed by atoms with Gasteiger partial charge in [0, 0.05) is 36.0 Å². The van der Waals surface area contributed by atoms with Crippen molar-refractivity contribution in [2.45, 2.75) is 13.0 Å². The Bertz CT molecular complexity index is 838. The molecule has 4 rings (SSSR count). The minimum Gasteiger partial charge on any atom is -0.488 e. The van der Waals surface area contributed by atoms with Crippen molar-refractivity contribution in [2.75, 3.05) is 6.54 Å². The SMILES string of the molecule is O=C(NCCc1cnc[nH]1)c1[nH]nc2c1COc1ccccc1-2. The molecule has 7 nitrogen and oxygen atoms in total. The quantitative estimate of drug-likeness (QED) is 0.683. The predicted molar refractivity (Wildman–Crippen MR) is 83.0 cm³/mol. The van der Waals surface area contributed by atoms with E-state index in [0.29, 0.717) is 25.3 Å². The number of benzene rings is 1. The van der Waals surface area contributed by atoms with E-state index < -0.39 is 0 Å². The molecule has 3 heterocycles. The highest BCUT2D eigenvalue weighted by Gasteiger charge is 2.25. The van der Waals surface area contributed by atoms with Gasteiger partial charge in [-0.1, -0.05) is 12.1 Å². The van der Waals surface area contributed by atoms with Crippen molar-refractivity contribution in [3.05, 3.63) is 53.7 Å². The van der Waals surface area contributed by atoms with Gasteiger partial charge in [-0.15, -0.1) is 0 Å². The van der Waals surface area contributed by atoms with Crippen molar-refractivity contribution in [3.63, 3.8) is 0 Å². The van der Waals surface area contributed by atoms with Crippen LogP contribution in [0.4, 0.5) is 0 Å². The van der Waals surface area contributed by atoms with Gasteiger partial charge in [0.2, 0.25) is 0 Å². The summed E-state index contributed by atoms with van der Waals surface area (Å²) in [6.45, 7) is 0.860. The van der Waals surface area contributed by atoms with Crippen LogP contribution in [-0.4, -0.2) is 32.6 Å². The first-order chi connectivity index (χ1) is 11.3. The van der Waals surface area contributed by atoms with E-state index in [9.17, 15) is 4.79 Å². The lowest BCUT2D eigenvalue weighted by Crippen LogP contribution is -2.27. The molecule has 1 aromatic carbocycles. The van der Waals surface area contributed by atoms with Gasteiger partial charge >= 0.3 is 0 Å². The standard InChI is InChI=1S/C16H15N5O2/c22-16(18-6-5-10-7-17-9-19-10)15-12-8-23-13-4-2-1-3-11(13)14(12)20-21-15/h1-4,7,9H,5-6,8H2,(H,17,19)(H,18,22)(H,20,21). The summed E-state index contributed by atoms with van der Waals surface area (Å²) >= 11 is 0. The van der Waals surface area contributed by atoms with Crippen LogP contribution < -0.4 is 10.1 Å². The number of nitrogens with one attached hydrogen (secondary N) is 3. The van der Waals surface area contributed by atoms with Crippen molar-refractivity contribution in [2.24, 2.45) is 0 Å². The van der Waals surface area contributed by atoms with E-state index in [2.05, 4.69) is 25.5 Å². The lowest BCUT2D eigenvalue weighted by Gasteiger charge is -2.17. The fraction of sp³-hybridized carbons (Fsp3) is 0.188. The van der Waals surface area contributed by atoms with E-state index >= 15 is 0 Å². The molecular weight excluding hydrogens is 294 g/mol. The molecule has 3 N–H and O–H groups in total. The van der Waals surface area contributed by atoms with Gasteiger partial charge in [-0.2, -0.15) is 5.10 Å². The van der Waals surface area contributed by atoms with Gasteiger partial charge in [0.1, 0.15) is 23.7 Å². The van der Waals surface area contributed by atoms with Gasteiger partial charge in [0.25, 0.3) is 5.91 Å². The molecule has 7 heteroatoms. The second-order valence-electron chi connectivity index (χ2n) is 5.29. The number of imidazole rings is 1. The van der Waals surface area contributed by atoms with Crippen LogP contribution in [0.15, 0.2) is 36.8 Å². The Labute approximate surface area is 132 Å². The Morgan fingerprint density at radius 3 is 3.13 bits per heavy atom. The average molecular weight is 309 g/mol. The number of rotatable bonds is 4. The largest absolute Gasteiger partial charge is 0.488 e. The van der Waals surface area contributed by atoms with Gasteiger partial charge in [-0.25, -0.2) is 4.98 Å². The molecule has 23 heavy (non-hydrogen) atoms. The van der Waals surface area contributed by atoms with Crippen molar-refractivity contribution < 1.29 is 9.53 Å². The summed E-state index contributed by atoms with van der Waals surface area (Å²) in [5.74, 6) is 0.610. The molecule has 0 fully saturated rings. The van der Waals surface area contributed by atoms with Gasteiger partial charge in [-0.3, -0.25) is 9.89 Å². The van der Waals surface area contributed by atoms with Gasteiger partial charge in [0.05, 0.1) is 6.33 Å². The molecule has 2 aromatic heterocycles. The molecule has 0 unspecified atom stereocenters. The molecule has 1 aliphatic heterocycles. The van der Waals surface area contributed by atoms with E-state index in [4.69, 9.17) is 4.74 Å². The number of hydrogen-bond acceptors (Lipinski definition) is 4. The Morgan fingerprint density at radius 1 is 1.35 bits per heavy atom. The maximum absolute atomic E-state index is 12.4. The van der Waals surface area contributed by atoms with E-state index in [1.165, 1.54) is 0 Å². The molecular formula is C16H15N5O2. The first kappa shape index (κ1) is 13.6. The molecule has 0 aliphatic carbocycles. The zero-order chi connectivity index (χ0) is 15.6. The molecule has 1 aliphatic rings. The molecule has 0 bridgehead atoms. The summed E-state index contributed by atoms with van der Waals surface area (Å²) in [5.41, 5.74) is 3.92. The third-order valence-electron chi connectivity index (χ3n) is 3.84. The average Bonchev–Trinajstić information content (AvgIpc) is 3.24. The number of H-pyrrole nitrogens is 2. The molecule has 116 valence electrons. The number of amides is 1. The molecule has 0 saturated heterocycles. The van der Waals surface area contributed by atoms with Crippen LogP contribution in [-0.2, 0) is 13.0 Å². The van der Waals surface area contributed by atoms with Gasteiger partial charge in [-0.05, 0) is 12.1 Å².